The summed E-state index contributed by atoms with van der Waals surface area (Å²) in [7, 11) is 1.59. The van der Waals surface area contributed by atoms with Crippen molar-refractivity contribution in [2.75, 3.05) is 12.4 Å². The number of rotatable bonds is 5. The first kappa shape index (κ1) is 14.8. The van der Waals surface area contributed by atoms with Gasteiger partial charge in [-0.25, -0.2) is 9.18 Å². The summed E-state index contributed by atoms with van der Waals surface area (Å²) < 4.78 is 18.5. The number of carboxylic acid groups (broad SMARTS) is 1. The lowest BCUT2D eigenvalue weighted by Gasteiger charge is -2.17. The average Bonchev–Trinajstić information content (AvgIpc) is 2.49. The van der Waals surface area contributed by atoms with E-state index in [9.17, 15) is 9.18 Å². The third kappa shape index (κ3) is 3.51. The molecule has 2 aromatic rings. The van der Waals surface area contributed by atoms with Crippen LogP contribution < -0.4 is 10.1 Å². The molecule has 0 spiro atoms. The lowest BCUT2D eigenvalue weighted by molar-refractivity contribution is 0.0692. The summed E-state index contributed by atoms with van der Waals surface area (Å²) in [6.45, 7) is 1.93. The molecule has 2 N–H and O–H groups in total. The van der Waals surface area contributed by atoms with Gasteiger partial charge in [-0.15, -0.1) is 0 Å². The zero-order valence-corrected chi connectivity index (χ0v) is 11.8. The summed E-state index contributed by atoms with van der Waals surface area (Å²) in [4.78, 5) is 10.9. The average molecular weight is 289 g/mol. The van der Waals surface area contributed by atoms with Crippen LogP contribution >= 0.6 is 0 Å². The Labute approximate surface area is 122 Å². The topological polar surface area (TPSA) is 58.6 Å². The summed E-state index contributed by atoms with van der Waals surface area (Å²) >= 11 is 0. The van der Waals surface area contributed by atoms with Crippen molar-refractivity contribution in [1.82, 2.24) is 0 Å². The molecule has 2 aromatic carbocycles. The first-order valence-corrected chi connectivity index (χ1v) is 6.44. The number of benzene rings is 2. The predicted molar refractivity (Wildman–Crippen MR) is 78.4 cm³/mol. The molecule has 0 radical (unpaired) electrons. The van der Waals surface area contributed by atoms with Crippen molar-refractivity contribution < 1.29 is 19.0 Å². The Kier molecular flexibility index (Phi) is 4.42. The molecule has 0 aliphatic heterocycles. The zero-order chi connectivity index (χ0) is 15.4. The Balaban J connectivity index is 2.21. The number of halogens is 1. The molecule has 1 atom stereocenters. The highest BCUT2D eigenvalue weighted by Crippen LogP contribution is 2.24. The predicted octanol–water partition coefficient (Wildman–Crippen LogP) is 3.71. The molecule has 1 unspecified atom stereocenters. The van der Waals surface area contributed by atoms with Gasteiger partial charge < -0.3 is 15.2 Å². The molecule has 0 heterocycles. The van der Waals surface area contributed by atoms with Crippen LogP contribution in [0.5, 0.6) is 5.75 Å². The van der Waals surface area contributed by atoms with Gasteiger partial charge in [-0.3, -0.25) is 0 Å². The Morgan fingerprint density at radius 1 is 1.29 bits per heavy atom. The maximum atomic E-state index is 13.4. The van der Waals surface area contributed by atoms with E-state index in [0.717, 1.165) is 17.4 Å². The third-order valence-electron chi connectivity index (χ3n) is 3.17. The second-order valence-corrected chi connectivity index (χ2v) is 4.64. The first-order valence-electron chi connectivity index (χ1n) is 6.44. The van der Waals surface area contributed by atoms with Crippen LogP contribution in [-0.4, -0.2) is 18.2 Å². The van der Waals surface area contributed by atoms with Gasteiger partial charge in [-0.1, -0.05) is 12.1 Å². The highest BCUT2D eigenvalue weighted by Gasteiger charge is 2.12. The molecule has 0 aliphatic rings. The molecular formula is C16H16FNO3. The van der Waals surface area contributed by atoms with Crippen molar-refractivity contribution in [3.8, 4) is 5.75 Å². The third-order valence-corrected chi connectivity index (χ3v) is 3.17. The molecule has 0 saturated heterocycles. The zero-order valence-electron chi connectivity index (χ0n) is 11.8. The van der Waals surface area contributed by atoms with Gasteiger partial charge in [-0.2, -0.15) is 0 Å². The molecule has 4 nitrogen and oxygen atoms in total. The molecule has 0 aromatic heterocycles. The minimum Gasteiger partial charge on any atom is -0.497 e. The van der Waals surface area contributed by atoms with E-state index in [1.165, 1.54) is 12.1 Å². The summed E-state index contributed by atoms with van der Waals surface area (Å²) in [5.41, 5.74) is 1.18. The molecule has 110 valence electrons. The number of nitrogens with one attached hydrogen (secondary N) is 1. The van der Waals surface area contributed by atoms with Gasteiger partial charge in [0.25, 0.3) is 0 Å². The van der Waals surface area contributed by atoms with Crippen molar-refractivity contribution in [2.24, 2.45) is 0 Å². The fourth-order valence-electron chi connectivity index (χ4n) is 2.02. The van der Waals surface area contributed by atoms with E-state index in [2.05, 4.69) is 5.32 Å². The van der Waals surface area contributed by atoms with Crippen LogP contribution in [0.2, 0.25) is 0 Å². The van der Waals surface area contributed by atoms with Crippen LogP contribution in [0.25, 0.3) is 0 Å². The van der Waals surface area contributed by atoms with Crippen LogP contribution in [0, 0.1) is 5.82 Å². The van der Waals surface area contributed by atoms with Crippen LogP contribution in [0.4, 0.5) is 10.1 Å². The van der Waals surface area contributed by atoms with Gasteiger partial charge in [0, 0.05) is 11.7 Å². The Bertz CT molecular complexity index is 658. The minimum atomic E-state index is -1.29. The number of carbonyl (C=O) groups is 1. The Hall–Kier alpha value is -2.56. The highest BCUT2D eigenvalue weighted by atomic mass is 19.1. The molecule has 0 bridgehead atoms. The quantitative estimate of drug-likeness (QED) is 0.881. The fourth-order valence-corrected chi connectivity index (χ4v) is 2.02. The number of aromatic carboxylic acids is 1. The summed E-state index contributed by atoms with van der Waals surface area (Å²) in [6, 6.07) is 11.4. The molecular weight excluding hydrogens is 273 g/mol. The largest absolute Gasteiger partial charge is 0.497 e. The van der Waals surface area contributed by atoms with Crippen molar-refractivity contribution in [3.05, 3.63) is 59.4 Å². The van der Waals surface area contributed by atoms with E-state index in [4.69, 9.17) is 9.84 Å². The Morgan fingerprint density at radius 2 is 2.05 bits per heavy atom. The number of anilines is 1. The lowest BCUT2D eigenvalue weighted by atomic mass is 10.1. The molecule has 0 aliphatic carbocycles. The number of hydrogen-bond donors (Lipinski definition) is 2. The van der Waals surface area contributed by atoms with Crippen molar-refractivity contribution in [1.29, 1.82) is 0 Å². The standard InChI is InChI=1S/C16H16FNO3/c1-10(11-4-3-5-13(8-11)21-2)18-12-6-7-15(17)14(9-12)16(19)20/h3-10,18H,1-2H3,(H,19,20). The van der Waals surface area contributed by atoms with E-state index >= 15 is 0 Å². The monoisotopic (exact) mass is 289 g/mol. The van der Waals surface area contributed by atoms with Crippen molar-refractivity contribution in [3.63, 3.8) is 0 Å². The lowest BCUT2D eigenvalue weighted by Crippen LogP contribution is -2.08. The Morgan fingerprint density at radius 3 is 2.71 bits per heavy atom. The van der Waals surface area contributed by atoms with Crippen molar-refractivity contribution >= 4 is 11.7 Å². The first-order chi connectivity index (χ1) is 10.0. The summed E-state index contributed by atoms with van der Waals surface area (Å²) in [5, 5.41) is 12.1. The number of carboxylic acids is 1. The van der Waals surface area contributed by atoms with E-state index in [1.54, 1.807) is 7.11 Å². The number of methoxy groups -OCH3 is 1. The smallest absolute Gasteiger partial charge is 0.338 e. The maximum Gasteiger partial charge on any atom is 0.338 e. The van der Waals surface area contributed by atoms with Crippen LogP contribution in [0.15, 0.2) is 42.5 Å². The van der Waals surface area contributed by atoms with Gasteiger partial charge in [0.05, 0.1) is 12.7 Å². The summed E-state index contributed by atoms with van der Waals surface area (Å²) in [6.07, 6.45) is 0. The molecule has 0 fully saturated rings. The SMILES string of the molecule is COc1cccc(C(C)Nc2ccc(F)c(C(=O)O)c2)c1. The van der Waals surface area contributed by atoms with E-state index in [0.29, 0.717) is 5.69 Å². The van der Waals surface area contributed by atoms with Gasteiger partial charge in [0.15, 0.2) is 0 Å². The molecule has 5 heteroatoms. The van der Waals surface area contributed by atoms with Gasteiger partial charge in [0.2, 0.25) is 0 Å². The van der Waals surface area contributed by atoms with Crippen LogP contribution in [0.1, 0.15) is 28.9 Å². The molecule has 21 heavy (non-hydrogen) atoms. The second-order valence-electron chi connectivity index (χ2n) is 4.64. The van der Waals surface area contributed by atoms with Crippen LogP contribution in [-0.2, 0) is 0 Å². The second kappa shape index (κ2) is 6.26. The minimum absolute atomic E-state index is 0.0767. The molecule has 2 rings (SSSR count). The van der Waals surface area contributed by atoms with Gasteiger partial charge in [-0.05, 0) is 42.8 Å². The van der Waals surface area contributed by atoms with E-state index in [1.807, 2.05) is 31.2 Å². The highest BCUT2D eigenvalue weighted by molar-refractivity contribution is 5.89. The van der Waals surface area contributed by atoms with Gasteiger partial charge in [0.1, 0.15) is 11.6 Å². The van der Waals surface area contributed by atoms with E-state index < -0.39 is 11.8 Å². The van der Waals surface area contributed by atoms with Crippen LogP contribution in [0.3, 0.4) is 0 Å². The van der Waals surface area contributed by atoms with E-state index in [-0.39, 0.29) is 11.6 Å². The molecule has 0 amide bonds. The van der Waals surface area contributed by atoms with Gasteiger partial charge >= 0.3 is 5.97 Å². The van der Waals surface area contributed by atoms with Crippen molar-refractivity contribution in [2.45, 2.75) is 13.0 Å². The normalized spacial score (nSPS) is 11.8. The maximum absolute atomic E-state index is 13.4. The number of hydrogen-bond acceptors (Lipinski definition) is 3. The number of ether oxygens (including phenoxy) is 1. The fraction of sp³-hybridized carbons (Fsp3) is 0.188. The summed E-state index contributed by atoms with van der Waals surface area (Å²) in [5.74, 6) is -1.29. The molecule has 0 saturated carbocycles.